The van der Waals surface area contributed by atoms with E-state index in [9.17, 15) is 0 Å². The molecule has 28 heavy (non-hydrogen) atoms. The largest absolute Gasteiger partial charge is 0.493 e. The molecule has 1 aromatic heterocycles. The summed E-state index contributed by atoms with van der Waals surface area (Å²) in [5.74, 6) is 3.03. The second-order valence-electron chi connectivity index (χ2n) is 8.27. The van der Waals surface area contributed by atoms with Gasteiger partial charge in [0.15, 0.2) is 0 Å². The van der Waals surface area contributed by atoms with E-state index in [0.717, 1.165) is 61.4 Å². The second-order valence-corrected chi connectivity index (χ2v) is 8.27. The Balaban J connectivity index is 1.65. The van der Waals surface area contributed by atoms with Crippen LogP contribution >= 0.6 is 0 Å². The number of aromatic nitrogens is 2. The van der Waals surface area contributed by atoms with E-state index in [2.05, 4.69) is 36.1 Å². The summed E-state index contributed by atoms with van der Waals surface area (Å²) in [6.07, 6.45) is 2.15. The van der Waals surface area contributed by atoms with Crippen molar-refractivity contribution in [1.29, 1.82) is 0 Å². The standard InChI is InChI=1S/C22H31N3O3/c1-22(2,3)21-24-18(15-26-4)13-20(25-21)23-17-5-7-19(8-6-17)28-14-16-9-11-27-12-10-16/h5-8,13,16H,9-12,14-15H2,1-4H3,(H,23,24,25). The molecule has 1 aliphatic rings. The molecule has 2 heterocycles. The predicted molar refractivity (Wildman–Crippen MR) is 110 cm³/mol. The fraction of sp³-hybridized carbons (Fsp3) is 0.545. The number of anilines is 2. The lowest BCUT2D eigenvalue weighted by atomic mass is 9.95. The molecule has 0 radical (unpaired) electrons. The van der Waals surface area contributed by atoms with Crippen LogP contribution in [0.15, 0.2) is 30.3 Å². The minimum Gasteiger partial charge on any atom is -0.493 e. The molecule has 6 heteroatoms. The first kappa shape index (κ1) is 20.6. The molecule has 6 nitrogen and oxygen atoms in total. The Morgan fingerprint density at radius 2 is 1.82 bits per heavy atom. The molecular formula is C22H31N3O3. The molecule has 1 aliphatic heterocycles. The Kier molecular flexibility index (Phi) is 6.86. The molecule has 152 valence electrons. The van der Waals surface area contributed by atoms with Crippen molar-refractivity contribution in [2.24, 2.45) is 5.92 Å². The molecule has 0 bridgehead atoms. The molecule has 1 saturated heterocycles. The van der Waals surface area contributed by atoms with Crippen molar-refractivity contribution in [3.05, 3.63) is 41.9 Å². The van der Waals surface area contributed by atoms with E-state index in [1.54, 1.807) is 7.11 Å². The van der Waals surface area contributed by atoms with Crippen molar-refractivity contribution in [1.82, 2.24) is 9.97 Å². The van der Waals surface area contributed by atoms with Crippen LogP contribution in [-0.2, 0) is 21.5 Å². The van der Waals surface area contributed by atoms with Crippen molar-refractivity contribution in [2.45, 2.75) is 45.6 Å². The van der Waals surface area contributed by atoms with Crippen molar-refractivity contribution in [2.75, 3.05) is 32.2 Å². The Morgan fingerprint density at radius 1 is 1.11 bits per heavy atom. The van der Waals surface area contributed by atoms with Crippen LogP contribution in [0.4, 0.5) is 11.5 Å². The smallest absolute Gasteiger partial charge is 0.136 e. The fourth-order valence-electron chi connectivity index (χ4n) is 3.03. The average Bonchev–Trinajstić information content (AvgIpc) is 2.68. The van der Waals surface area contributed by atoms with Gasteiger partial charge in [0.1, 0.15) is 17.4 Å². The first-order valence-corrected chi connectivity index (χ1v) is 9.89. The third kappa shape index (κ3) is 5.91. The van der Waals surface area contributed by atoms with Gasteiger partial charge in [-0.15, -0.1) is 0 Å². The summed E-state index contributed by atoms with van der Waals surface area (Å²) in [7, 11) is 1.67. The van der Waals surface area contributed by atoms with E-state index in [-0.39, 0.29) is 5.41 Å². The molecule has 0 amide bonds. The van der Waals surface area contributed by atoms with E-state index in [1.807, 2.05) is 30.3 Å². The van der Waals surface area contributed by atoms with Crippen molar-refractivity contribution >= 4 is 11.5 Å². The number of rotatable bonds is 7. The van der Waals surface area contributed by atoms with Gasteiger partial charge in [0, 0.05) is 37.5 Å². The number of methoxy groups -OCH3 is 1. The van der Waals surface area contributed by atoms with Gasteiger partial charge in [-0.25, -0.2) is 9.97 Å². The van der Waals surface area contributed by atoms with Gasteiger partial charge in [-0.2, -0.15) is 0 Å². The Bertz CT molecular complexity index is 751. The first-order chi connectivity index (χ1) is 13.4. The Morgan fingerprint density at radius 3 is 2.46 bits per heavy atom. The number of hydrogen-bond acceptors (Lipinski definition) is 6. The van der Waals surface area contributed by atoms with Gasteiger partial charge in [0.25, 0.3) is 0 Å². The lowest BCUT2D eigenvalue weighted by molar-refractivity contribution is 0.0497. The molecule has 3 rings (SSSR count). The Hall–Kier alpha value is -2.18. The topological polar surface area (TPSA) is 65.5 Å². The zero-order chi connectivity index (χ0) is 20.0. The minimum atomic E-state index is -0.137. The maximum Gasteiger partial charge on any atom is 0.136 e. The molecular weight excluding hydrogens is 354 g/mol. The minimum absolute atomic E-state index is 0.137. The zero-order valence-corrected chi connectivity index (χ0v) is 17.3. The van der Waals surface area contributed by atoms with E-state index in [1.165, 1.54) is 0 Å². The van der Waals surface area contributed by atoms with Gasteiger partial charge in [-0.1, -0.05) is 20.8 Å². The van der Waals surface area contributed by atoms with Crippen molar-refractivity contribution < 1.29 is 14.2 Å². The maximum atomic E-state index is 5.94. The Labute approximate surface area is 167 Å². The third-order valence-corrected chi connectivity index (χ3v) is 4.70. The average molecular weight is 386 g/mol. The third-order valence-electron chi connectivity index (χ3n) is 4.70. The summed E-state index contributed by atoms with van der Waals surface area (Å²) >= 11 is 0. The molecule has 1 aromatic carbocycles. The van der Waals surface area contributed by atoms with E-state index < -0.39 is 0 Å². The van der Waals surface area contributed by atoms with Crippen molar-refractivity contribution in [3.63, 3.8) is 0 Å². The highest BCUT2D eigenvalue weighted by Crippen LogP contribution is 2.24. The predicted octanol–water partition coefficient (Wildman–Crippen LogP) is 4.47. The lowest BCUT2D eigenvalue weighted by Gasteiger charge is -2.22. The quantitative estimate of drug-likeness (QED) is 0.759. The monoisotopic (exact) mass is 385 g/mol. The van der Waals surface area contributed by atoms with Gasteiger partial charge in [0.2, 0.25) is 0 Å². The van der Waals surface area contributed by atoms with Crippen LogP contribution in [0, 0.1) is 5.92 Å². The van der Waals surface area contributed by atoms with Crippen LogP contribution in [0.2, 0.25) is 0 Å². The van der Waals surface area contributed by atoms with Gasteiger partial charge in [-0.3, -0.25) is 0 Å². The van der Waals surface area contributed by atoms with Gasteiger partial charge in [-0.05, 0) is 43.0 Å². The molecule has 1 fully saturated rings. The molecule has 2 aromatic rings. The highest BCUT2D eigenvalue weighted by atomic mass is 16.5. The summed E-state index contributed by atoms with van der Waals surface area (Å²) in [5, 5.41) is 3.37. The summed E-state index contributed by atoms with van der Waals surface area (Å²) in [6, 6.07) is 9.92. The first-order valence-electron chi connectivity index (χ1n) is 9.89. The zero-order valence-electron chi connectivity index (χ0n) is 17.3. The van der Waals surface area contributed by atoms with Crippen LogP contribution in [0.3, 0.4) is 0 Å². The number of nitrogens with zero attached hydrogens (tertiary/aromatic N) is 2. The number of nitrogens with one attached hydrogen (secondary N) is 1. The van der Waals surface area contributed by atoms with E-state index >= 15 is 0 Å². The van der Waals surface area contributed by atoms with E-state index in [0.29, 0.717) is 12.5 Å². The SMILES string of the molecule is COCc1cc(Nc2ccc(OCC3CCOCC3)cc2)nc(C(C)(C)C)n1. The summed E-state index contributed by atoms with van der Waals surface area (Å²) in [6.45, 7) is 9.21. The van der Waals surface area contributed by atoms with Crippen LogP contribution in [-0.4, -0.2) is 36.9 Å². The second kappa shape index (κ2) is 9.34. The van der Waals surface area contributed by atoms with Gasteiger partial charge in [0.05, 0.1) is 18.9 Å². The van der Waals surface area contributed by atoms with Crippen LogP contribution < -0.4 is 10.1 Å². The molecule has 0 spiro atoms. The lowest BCUT2D eigenvalue weighted by Crippen LogP contribution is -2.21. The summed E-state index contributed by atoms with van der Waals surface area (Å²) in [5.41, 5.74) is 1.68. The van der Waals surface area contributed by atoms with Crippen molar-refractivity contribution in [3.8, 4) is 5.75 Å². The molecule has 0 saturated carbocycles. The molecule has 0 atom stereocenters. The van der Waals surface area contributed by atoms with Crippen LogP contribution in [0.25, 0.3) is 0 Å². The van der Waals surface area contributed by atoms with Crippen LogP contribution in [0.1, 0.15) is 45.1 Å². The van der Waals surface area contributed by atoms with Gasteiger partial charge < -0.3 is 19.5 Å². The van der Waals surface area contributed by atoms with Crippen LogP contribution in [0.5, 0.6) is 5.75 Å². The molecule has 1 N–H and O–H groups in total. The summed E-state index contributed by atoms with van der Waals surface area (Å²) < 4.78 is 16.6. The maximum absolute atomic E-state index is 5.94. The number of hydrogen-bond donors (Lipinski definition) is 1. The highest BCUT2D eigenvalue weighted by Gasteiger charge is 2.19. The molecule has 0 aliphatic carbocycles. The highest BCUT2D eigenvalue weighted by molar-refractivity contribution is 5.57. The van der Waals surface area contributed by atoms with E-state index in [4.69, 9.17) is 14.2 Å². The normalized spacial score (nSPS) is 15.4. The van der Waals surface area contributed by atoms with Gasteiger partial charge >= 0.3 is 0 Å². The fourth-order valence-corrected chi connectivity index (χ4v) is 3.03. The number of benzene rings is 1. The number of ether oxygens (including phenoxy) is 3. The molecule has 0 unspecified atom stereocenters. The summed E-state index contributed by atoms with van der Waals surface area (Å²) in [4.78, 5) is 9.30.